The van der Waals surface area contributed by atoms with Gasteiger partial charge in [-0.3, -0.25) is 0 Å². The van der Waals surface area contributed by atoms with Crippen molar-refractivity contribution in [3.63, 3.8) is 0 Å². The molecule has 0 unspecified atom stereocenters. The van der Waals surface area contributed by atoms with E-state index in [1.54, 1.807) is 27.8 Å². The van der Waals surface area contributed by atoms with Gasteiger partial charge in [0, 0.05) is 0 Å². The number of carbonyl (C=O) groups excluding carboxylic acids is 1. The molecule has 3 rings (SSSR count). The van der Waals surface area contributed by atoms with Crippen LogP contribution in [0.4, 0.5) is 0 Å². The normalized spacial score (nSPS) is 10.7. The van der Waals surface area contributed by atoms with E-state index in [4.69, 9.17) is 0 Å². The molecule has 5 heteroatoms. The Bertz CT molecular complexity index is 830. The topological polar surface area (TPSA) is 48.3 Å². The zero-order valence-corrected chi connectivity index (χ0v) is 12.4. The second-order valence-corrected chi connectivity index (χ2v) is 6.30. The van der Waals surface area contributed by atoms with Crippen LogP contribution in [0.5, 0.6) is 0 Å². The van der Waals surface area contributed by atoms with Crippen molar-refractivity contribution in [2.45, 2.75) is 0 Å². The van der Waals surface area contributed by atoms with E-state index >= 15 is 0 Å². The van der Waals surface area contributed by atoms with Gasteiger partial charge in [-0.05, 0) is 0 Å². The van der Waals surface area contributed by atoms with Gasteiger partial charge in [-0.15, -0.1) is 0 Å². The Morgan fingerprint density at radius 2 is 1.80 bits per heavy atom. The quantitative estimate of drug-likeness (QED) is 0.531. The van der Waals surface area contributed by atoms with Crippen molar-refractivity contribution in [1.29, 1.82) is 0 Å². The van der Waals surface area contributed by atoms with Crippen molar-refractivity contribution >= 4 is 30.3 Å². The zero-order chi connectivity index (χ0) is 14.1. The number of methoxy groups -OCH3 is 1. The predicted molar refractivity (Wildman–Crippen MR) is 77.8 cm³/mol. The monoisotopic (exact) mass is 333 g/mol. The number of hydrogen-bond donors (Lipinski definition) is 0. The molecule has 0 bridgehead atoms. The van der Waals surface area contributed by atoms with E-state index in [0.717, 1.165) is 15.3 Å². The van der Waals surface area contributed by atoms with Crippen LogP contribution in [0.2, 0.25) is 0 Å². The van der Waals surface area contributed by atoms with Gasteiger partial charge in [0.1, 0.15) is 0 Å². The first-order valence-electron chi connectivity index (χ1n) is 6.00. The van der Waals surface area contributed by atoms with Crippen molar-refractivity contribution in [2.75, 3.05) is 7.11 Å². The molecule has 3 aromatic rings. The molecule has 1 heterocycles. The second-order valence-electron chi connectivity index (χ2n) is 4.23. The fourth-order valence-electron chi connectivity index (χ4n) is 1.99. The number of nitrogens with zero attached hydrogens (tertiary/aromatic N) is 1. The molecule has 0 spiro atoms. The fraction of sp³-hybridized carbons (Fsp3) is 0.0667. The molecule has 100 valence electrons. The molecule has 0 aliphatic carbocycles. The molecule has 0 radical (unpaired) electrons. The minimum atomic E-state index is -0.377. The summed E-state index contributed by atoms with van der Waals surface area (Å²) in [6.45, 7) is 0. The summed E-state index contributed by atoms with van der Waals surface area (Å²) in [5.74, 6) is -0.377. The first-order chi connectivity index (χ1) is 9.70. The Morgan fingerprint density at radius 1 is 1.10 bits per heavy atom. The van der Waals surface area contributed by atoms with Gasteiger partial charge in [0.25, 0.3) is 0 Å². The Labute approximate surface area is 121 Å². The Kier molecular flexibility index (Phi) is 3.30. The standard InChI is InChI=1S/C15H11NO3Se/c1-19-15(18)10-6-8-11(9-7-10)16-14(17)12-4-2-3-5-13(12)20-16/h2-9H,1H3. The molecule has 0 aliphatic rings. The summed E-state index contributed by atoms with van der Waals surface area (Å²) in [6.07, 6.45) is 0. The maximum absolute atomic E-state index is 12.3. The Morgan fingerprint density at radius 3 is 2.45 bits per heavy atom. The van der Waals surface area contributed by atoms with Gasteiger partial charge in [-0.2, -0.15) is 0 Å². The summed E-state index contributed by atoms with van der Waals surface area (Å²) in [4.78, 5) is 23.7. The molecule has 0 amide bonds. The van der Waals surface area contributed by atoms with Gasteiger partial charge in [0.2, 0.25) is 0 Å². The van der Waals surface area contributed by atoms with Gasteiger partial charge in [-0.25, -0.2) is 0 Å². The number of benzene rings is 2. The number of aromatic nitrogens is 1. The van der Waals surface area contributed by atoms with Crippen LogP contribution in [-0.2, 0) is 4.74 Å². The molecule has 0 aliphatic heterocycles. The third kappa shape index (κ3) is 2.11. The van der Waals surface area contributed by atoms with E-state index in [-0.39, 0.29) is 26.3 Å². The predicted octanol–water partition coefficient (Wildman–Crippen LogP) is 1.83. The van der Waals surface area contributed by atoms with E-state index < -0.39 is 0 Å². The van der Waals surface area contributed by atoms with Crippen molar-refractivity contribution in [3.05, 3.63) is 64.4 Å². The van der Waals surface area contributed by atoms with Crippen molar-refractivity contribution in [2.24, 2.45) is 0 Å². The summed E-state index contributed by atoms with van der Waals surface area (Å²) in [6, 6.07) is 14.5. The van der Waals surface area contributed by atoms with Gasteiger partial charge >= 0.3 is 121 Å². The number of rotatable bonds is 2. The summed E-state index contributed by atoms with van der Waals surface area (Å²) in [7, 11) is 1.35. The first-order valence-corrected chi connectivity index (χ1v) is 7.63. The van der Waals surface area contributed by atoms with Crippen molar-refractivity contribution in [3.8, 4) is 5.69 Å². The number of fused-ring (bicyclic) bond motifs is 1. The van der Waals surface area contributed by atoms with Crippen molar-refractivity contribution < 1.29 is 9.53 Å². The molecule has 0 fully saturated rings. The molecule has 0 saturated carbocycles. The Hall–Kier alpha value is -2.10. The van der Waals surface area contributed by atoms with Gasteiger partial charge in [0.15, 0.2) is 0 Å². The van der Waals surface area contributed by atoms with Crippen LogP contribution < -0.4 is 5.56 Å². The van der Waals surface area contributed by atoms with E-state index in [1.807, 2.05) is 24.3 Å². The molecular formula is C15H11NO3Se. The van der Waals surface area contributed by atoms with E-state index in [0.29, 0.717) is 5.56 Å². The van der Waals surface area contributed by atoms with Crippen LogP contribution in [0, 0.1) is 0 Å². The van der Waals surface area contributed by atoms with Crippen LogP contribution in [-0.4, -0.2) is 31.4 Å². The van der Waals surface area contributed by atoms with Crippen LogP contribution >= 0.6 is 0 Å². The maximum atomic E-state index is 12.3. The number of esters is 1. The van der Waals surface area contributed by atoms with Gasteiger partial charge in [0.05, 0.1) is 0 Å². The summed E-state index contributed by atoms with van der Waals surface area (Å²) in [5.41, 5.74) is 1.30. The molecule has 2 aromatic carbocycles. The number of hydrogen-bond acceptors (Lipinski definition) is 3. The molecule has 0 saturated heterocycles. The van der Waals surface area contributed by atoms with E-state index in [9.17, 15) is 9.59 Å². The van der Waals surface area contributed by atoms with Gasteiger partial charge < -0.3 is 0 Å². The van der Waals surface area contributed by atoms with E-state index in [2.05, 4.69) is 4.74 Å². The summed E-state index contributed by atoms with van der Waals surface area (Å²) >= 11 is -0.0551. The third-order valence-electron chi connectivity index (χ3n) is 3.01. The second kappa shape index (κ2) is 5.12. The number of ether oxygens (including phenoxy) is 1. The fourth-order valence-corrected chi connectivity index (χ4v) is 4.09. The van der Waals surface area contributed by atoms with E-state index in [1.165, 1.54) is 7.11 Å². The number of carbonyl (C=O) groups is 1. The molecule has 0 atom stereocenters. The summed E-state index contributed by atoms with van der Waals surface area (Å²) < 4.78 is 7.51. The average Bonchev–Trinajstić information content (AvgIpc) is 2.84. The molecule has 20 heavy (non-hydrogen) atoms. The summed E-state index contributed by atoms with van der Waals surface area (Å²) in [5, 5.41) is 0.768. The van der Waals surface area contributed by atoms with Crippen LogP contribution in [0.3, 0.4) is 0 Å². The van der Waals surface area contributed by atoms with Crippen LogP contribution in [0.15, 0.2) is 53.3 Å². The minimum absolute atomic E-state index is 0.0198. The third-order valence-corrected chi connectivity index (χ3v) is 5.35. The molecule has 1 aromatic heterocycles. The molecular weight excluding hydrogens is 321 g/mol. The Balaban J connectivity index is 2.09. The zero-order valence-electron chi connectivity index (χ0n) is 10.7. The van der Waals surface area contributed by atoms with Crippen LogP contribution in [0.25, 0.3) is 15.3 Å². The SMILES string of the molecule is COC(=O)c1ccc(-n2[se]c3ccccc3c2=O)cc1. The van der Waals surface area contributed by atoms with Crippen LogP contribution in [0.1, 0.15) is 10.4 Å². The molecule has 0 N–H and O–H groups in total. The first kappa shape index (κ1) is 12.9. The molecule has 4 nitrogen and oxygen atoms in total. The average molecular weight is 332 g/mol. The van der Waals surface area contributed by atoms with Crippen molar-refractivity contribution in [1.82, 2.24) is 3.56 Å². The van der Waals surface area contributed by atoms with Gasteiger partial charge in [-0.1, -0.05) is 0 Å².